The van der Waals surface area contributed by atoms with Crippen LogP contribution in [0.1, 0.15) is 48.7 Å². The van der Waals surface area contributed by atoms with Crippen molar-refractivity contribution in [1.82, 2.24) is 14.9 Å². The van der Waals surface area contributed by atoms with Crippen molar-refractivity contribution in [1.29, 1.82) is 0 Å². The number of piperazine rings is 1. The number of carbonyl (C=O) groups is 2. The normalized spacial score (nSPS) is 17.1. The number of anilines is 5. The first kappa shape index (κ1) is 33.4. The molecule has 2 aromatic carbocycles. The number of carbonyl (C=O) groups excluding carboxylic acids is 2. The third kappa shape index (κ3) is 8.08. The van der Waals surface area contributed by atoms with Gasteiger partial charge in [0.15, 0.2) is 5.82 Å². The highest BCUT2D eigenvalue weighted by atomic mass is 16.7. The van der Waals surface area contributed by atoms with E-state index in [1.54, 1.807) is 24.3 Å². The zero-order chi connectivity index (χ0) is 33.3. The summed E-state index contributed by atoms with van der Waals surface area (Å²) in [5.41, 5.74) is 3.50. The van der Waals surface area contributed by atoms with Crippen molar-refractivity contribution >= 4 is 40.6 Å². The summed E-state index contributed by atoms with van der Waals surface area (Å²) in [6, 6.07) is 12.8. The Balaban J connectivity index is 1.39. The summed E-state index contributed by atoms with van der Waals surface area (Å²) in [6.45, 7) is 16.0. The second kappa shape index (κ2) is 15.6. The van der Waals surface area contributed by atoms with Crippen LogP contribution in [0.5, 0.6) is 5.75 Å². The van der Waals surface area contributed by atoms with Gasteiger partial charge < -0.3 is 25.0 Å². The molecule has 2 unspecified atom stereocenters. The largest absolute Gasteiger partial charge is 0.494 e. The first-order valence-electron chi connectivity index (χ1n) is 15.9. The fourth-order valence-corrected chi connectivity index (χ4v) is 5.61. The Labute approximate surface area is 276 Å². The molecule has 0 spiro atoms. The molecule has 2 aliphatic rings. The third-order valence-electron chi connectivity index (χ3n) is 8.30. The molecule has 0 bridgehead atoms. The zero-order valence-electron chi connectivity index (χ0n) is 27.3. The van der Waals surface area contributed by atoms with Crippen LogP contribution in [0.2, 0.25) is 0 Å². The summed E-state index contributed by atoms with van der Waals surface area (Å²) in [4.78, 5) is 44.7. The van der Waals surface area contributed by atoms with Gasteiger partial charge in [0, 0.05) is 51.3 Å². The average Bonchev–Trinajstić information content (AvgIpc) is 3.59. The fraction of sp³-hybridized carbons (Fsp3) is 0.371. The minimum atomic E-state index is -0.348. The molecule has 2 fully saturated rings. The smallest absolute Gasteiger partial charge is 0.338 e. The molecule has 2 aliphatic heterocycles. The van der Waals surface area contributed by atoms with E-state index < -0.39 is 0 Å². The highest BCUT2D eigenvalue weighted by Gasteiger charge is 2.30. The topological polar surface area (TPSA) is 121 Å². The Bertz CT molecular complexity index is 1590. The lowest BCUT2D eigenvalue weighted by Gasteiger charge is -2.36. The number of nitrogens with zero attached hydrogens (tertiary/aromatic N) is 5. The molecule has 5 rings (SSSR count). The molecule has 12 heteroatoms. The lowest BCUT2D eigenvalue weighted by atomic mass is 10.0. The quantitative estimate of drug-likeness (QED) is 0.140. The van der Waals surface area contributed by atoms with Crippen LogP contribution >= 0.6 is 0 Å². The van der Waals surface area contributed by atoms with E-state index in [2.05, 4.69) is 43.6 Å². The Morgan fingerprint density at radius 2 is 1.91 bits per heavy atom. The standard InChI is InChI=1S/C35H43N7O5/c1-6-13-40-14-16-41(17-15-40)30-21-31(45-5)28(20-27(30)39-34(43)8-3)38-32-22-33(37-23-36-32)42-29(12-18-46-42)25-10-9-11-26(19-25)35(44)47-24(4)7-2/h6,8-11,19-24,29H,1,3,7,12-18H2,2,4-5H3,(H,39,43)(H,36,37,38). The van der Waals surface area contributed by atoms with Crippen molar-refractivity contribution in [3.63, 3.8) is 0 Å². The van der Waals surface area contributed by atoms with Gasteiger partial charge in [-0.05, 0) is 43.2 Å². The molecular weight excluding hydrogens is 598 g/mol. The van der Waals surface area contributed by atoms with E-state index in [9.17, 15) is 9.59 Å². The van der Waals surface area contributed by atoms with Crippen molar-refractivity contribution in [3.05, 3.63) is 85.2 Å². The average molecular weight is 642 g/mol. The van der Waals surface area contributed by atoms with Crippen molar-refractivity contribution in [2.45, 2.75) is 38.8 Å². The van der Waals surface area contributed by atoms with Crippen LogP contribution in [-0.2, 0) is 14.4 Å². The number of hydroxylamine groups is 1. The first-order valence-corrected chi connectivity index (χ1v) is 15.9. The molecule has 248 valence electrons. The van der Waals surface area contributed by atoms with Crippen LogP contribution in [0.15, 0.2) is 74.1 Å². The van der Waals surface area contributed by atoms with E-state index in [1.165, 1.54) is 12.4 Å². The Kier molecular flexibility index (Phi) is 11.1. The molecular formula is C35H43N7O5. The van der Waals surface area contributed by atoms with E-state index in [0.29, 0.717) is 47.4 Å². The summed E-state index contributed by atoms with van der Waals surface area (Å²) in [5, 5.41) is 8.04. The molecule has 2 N–H and O–H groups in total. The Morgan fingerprint density at radius 1 is 1.11 bits per heavy atom. The van der Waals surface area contributed by atoms with Gasteiger partial charge >= 0.3 is 5.97 Å². The molecule has 0 aliphatic carbocycles. The van der Waals surface area contributed by atoms with Gasteiger partial charge in [-0.15, -0.1) is 6.58 Å². The van der Waals surface area contributed by atoms with Crippen molar-refractivity contribution in [2.75, 3.05) is 67.0 Å². The van der Waals surface area contributed by atoms with Crippen molar-refractivity contribution in [2.24, 2.45) is 0 Å². The van der Waals surface area contributed by atoms with Gasteiger partial charge in [0.25, 0.3) is 0 Å². The minimum absolute atomic E-state index is 0.160. The molecule has 2 saturated heterocycles. The summed E-state index contributed by atoms with van der Waals surface area (Å²) in [7, 11) is 1.61. The number of esters is 1. The second-order valence-electron chi connectivity index (χ2n) is 11.4. The van der Waals surface area contributed by atoms with Gasteiger partial charge in [0.2, 0.25) is 5.91 Å². The van der Waals surface area contributed by atoms with E-state index >= 15 is 0 Å². The molecule has 2 atom stereocenters. The van der Waals surface area contributed by atoms with Gasteiger partial charge in [0.05, 0.1) is 48.5 Å². The highest BCUT2D eigenvalue weighted by molar-refractivity contribution is 6.02. The number of rotatable bonds is 13. The maximum atomic E-state index is 12.7. The third-order valence-corrected chi connectivity index (χ3v) is 8.30. The van der Waals surface area contributed by atoms with Crippen LogP contribution in [0.25, 0.3) is 0 Å². The van der Waals surface area contributed by atoms with Crippen LogP contribution < -0.4 is 25.3 Å². The van der Waals surface area contributed by atoms with Crippen LogP contribution in [0, 0.1) is 0 Å². The summed E-state index contributed by atoms with van der Waals surface area (Å²) in [6.07, 6.45) is 5.91. The van der Waals surface area contributed by atoms with Crippen LogP contribution in [0.4, 0.5) is 28.7 Å². The predicted molar refractivity (Wildman–Crippen MR) is 183 cm³/mol. The van der Waals surface area contributed by atoms with E-state index in [0.717, 1.165) is 50.4 Å². The molecule has 12 nitrogen and oxygen atoms in total. The molecule has 3 aromatic rings. The highest BCUT2D eigenvalue weighted by Crippen LogP contribution is 2.40. The molecule has 47 heavy (non-hydrogen) atoms. The Morgan fingerprint density at radius 3 is 2.64 bits per heavy atom. The molecule has 0 radical (unpaired) electrons. The van der Waals surface area contributed by atoms with Gasteiger partial charge in [-0.3, -0.25) is 14.5 Å². The number of ether oxygens (including phenoxy) is 2. The monoisotopic (exact) mass is 641 g/mol. The van der Waals surface area contributed by atoms with Gasteiger partial charge in [-0.25, -0.2) is 19.8 Å². The van der Waals surface area contributed by atoms with E-state index in [1.807, 2.05) is 50.3 Å². The fourth-order valence-electron chi connectivity index (χ4n) is 5.61. The van der Waals surface area contributed by atoms with Gasteiger partial charge in [0.1, 0.15) is 17.9 Å². The van der Waals surface area contributed by atoms with Crippen LogP contribution in [-0.4, -0.2) is 79.3 Å². The maximum Gasteiger partial charge on any atom is 0.338 e. The number of hydrogen-bond acceptors (Lipinski definition) is 11. The van der Waals surface area contributed by atoms with Crippen LogP contribution in [0.3, 0.4) is 0 Å². The number of methoxy groups -OCH3 is 1. The molecule has 1 amide bonds. The molecule has 3 heterocycles. The van der Waals surface area contributed by atoms with Gasteiger partial charge in [-0.2, -0.15) is 0 Å². The second-order valence-corrected chi connectivity index (χ2v) is 11.4. The number of benzene rings is 2. The lowest BCUT2D eigenvalue weighted by Crippen LogP contribution is -2.46. The predicted octanol–water partition coefficient (Wildman–Crippen LogP) is 5.50. The number of nitrogens with one attached hydrogen (secondary N) is 2. The Hall–Kier alpha value is -4.94. The number of amides is 1. The first-order chi connectivity index (χ1) is 22.8. The summed E-state index contributed by atoms with van der Waals surface area (Å²) >= 11 is 0. The lowest BCUT2D eigenvalue weighted by molar-refractivity contribution is -0.111. The molecule has 1 aromatic heterocycles. The maximum absolute atomic E-state index is 12.7. The molecule has 0 saturated carbocycles. The minimum Gasteiger partial charge on any atom is -0.494 e. The summed E-state index contributed by atoms with van der Waals surface area (Å²) in [5.74, 6) is 0.970. The SMILES string of the molecule is C=CCN1CCN(c2cc(OC)c(Nc3cc(N4OCCC4c4cccc(C(=O)OC(C)CC)c4)ncn3)cc2NC(=O)C=C)CC1. The zero-order valence-corrected chi connectivity index (χ0v) is 27.3. The number of hydrogen-bond donors (Lipinski definition) is 2. The number of aromatic nitrogens is 2. The van der Waals surface area contributed by atoms with Crippen molar-refractivity contribution < 1.29 is 23.9 Å². The van der Waals surface area contributed by atoms with E-state index in [4.69, 9.17) is 14.3 Å². The summed E-state index contributed by atoms with van der Waals surface area (Å²) < 4.78 is 11.3. The van der Waals surface area contributed by atoms with Crippen molar-refractivity contribution in [3.8, 4) is 5.75 Å². The van der Waals surface area contributed by atoms with Gasteiger partial charge in [-0.1, -0.05) is 31.7 Å². The van der Waals surface area contributed by atoms with E-state index in [-0.39, 0.29) is 24.0 Å².